The molecule has 2 N–H and O–H groups in total. The van der Waals surface area contributed by atoms with Gasteiger partial charge in [0.15, 0.2) is 0 Å². The van der Waals surface area contributed by atoms with Crippen LogP contribution in [-0.4, -0.2) is 42.2 Å². The fraction of sp³-hybridized carbons (Fsp3) is 0.222. The summed E-state index contributed by atoms with van der Waals surface area (Å²) in [5, 5.41) is 2.74. The second-order valence-corrected chi connectivity index (χ2v) is 7.62. The van der Waals surface area contributed by atoms with Gasteiger partial charge in [-0.25, -0.2) is 17.7 Å². The molecule has 0 atom stereocenters. The van der Waals surface area contributed by atoms with Crippen molar-refractivity contribution >= 4 is 22.0 Å². The van der Waals surface area contributed by atoms with Crippen LogP contribution in [0.1, 0.15) is 18.3 Å². The Morgan fingerprint density at radius 2 is 2.04 bits per heavy atom. The molecule has 7 nitrogen and oxygen atoms in total. The third kappa shape index (κ3) is 4.90. The number of nitrogens with zero attached hydrogens (tertiary/aromatic N) is 2. The molecule has 2 rings (SSSR count). The average Bonchev–Trinajstić information content (AvgIpc) is 3.17. The van der Waals surface area contributed by atoms with E-state index in [2.05, 4.69) is 21.9 Å². The Labute approximate surface area is 153 Å². The number of rotatable bonds is 8. The quantitative estimate of drug-likeness (QED) is 0.545. The zero-order valence-electron chi connectivity index (χ0n) is 14.8. The number of aromatic amines is 1. The molecule has 0 radical (unpaired) electrons. The maximum atomic E-state index is 12.2. The SMILES string of the molecule is C=C(/C=C\c1ncc[nH]1)C(=O)NCc1ccc(S(=O)(=O)N(C)CC)cc1. The molecule has 1 aromatic heterocycles. The van der Waals surface area contributed by atoms with Crippen molar-refractivity contribution in [2.45, 2.75) is 18.4 Å². The lowest BCUT2D eigenvalue weighted by molar-refractivity contribution is -0.117. The molecule has 0 fully saturated rings. The molecule has 1 amide bonds. The Morgan fingerprint density at radius 3 is 2.62 bits per heavy atom. The number of amides is 1. The highest BCUT2D eigenvalue weighted by atomic mass is 32.2. The molecule has 0 saturated heterocycles. The first-order chi connectivity index (χ1) is 12.3. The number of sulfonamides is 1. The summed E-state index contributed by atoms with van der Waals surface area (Å²) in [6.45, 7) is 6.16. The summed E-state index contributed by atoms with van der Waals surface area (Å²) in [5.41, 5.74) is 1.09. The van der Waals surface area contributed by atoms with E-state index in [1.807, 2.05) is 0 Å². The topological polar surface area (TPSA) is 95.2 Å². The Bertz CT molecular complexity index is 885. The van der Waals surface area contributed by atoms with Gasteiger partial charge in [0, 0.05) is 38.1 Å². The molecule has 2 aromatic rings. The van der Waals surface area contributed by atoms with Gasteiger partial charge in [0.05, 0.1) is 4.90 Å². The molecule has 0 aliphatic rings. The highest BCUT2D eigenvalue weighted by Gasteiger charge is 2.18. The van der Waals surface area contributed by atoms with Crippen LogP contribution in [0.25, 0.3) is 6.08 Å². The average molecular weight is 374 g/mol. The molecule has 0 unspecified atom stereocenters. The van der Waals surface area contributed by atoms with Crippen LogP contribution in [0.5, 0.6) is 0 Å². The van der Waals surface area contributed by atoms with E-state index in [1.54, 1.807) is 43.6 Å². The third-order valence-electron chi connectivity index (χ3n) is 3.78. The third-order valence-corrected chi connectivity index (χ3v) is 5.73. The van der Waals surface area contributed by atoms with Crippen LogP contribution < -0.4 is 5.32 Å². The summed E-state index contributed by atoms with van der Waals surface area (Å²) in [6, 6.07) is 6.43. The first kappa shape index (κ1) is 19.6. The maximum absolute atomic E-state index is 12.2. The van der Waals surface area contributed by atoms with Crippen LogP contribution in [0, 0.1) is 0 Å². The molecular formula is C18H22N4O3S. The molecule has 138 valence electrons. The summed E-state index contributed by atoms with van der Waals surface area (Å²) >= 11 is 0. The van der Waals surface area contributed by atoms with Gasteiger partial charge < -0.3 is 10.3 Å². The monoisotopic (exact) mass is 374 g/mol. The number of imidazole rings is 1. The van der Waals surface area contributed by atoms with Crippen molar-refractivity contribution in [1.82, 2.24) is 19.6 Å². The predicted octanol–water partition coefficient (Wildman–Crippen LogP) is 1.94. The van der Waals surface area contributed by atoms with Crippen molar-refractivity contribution in [2.24, 2.45) is 0 Å². The number of H-pyrrole nitrogens is 1. The van der Waals surface area contributed by atoms with Crippen molar-refractivity contribution < 1.29 is 13.2 Å². The Morgan fingerprint density at radius 1 is 1.35 bits per heavy atom. The van der Waals surface area contributed by atoms with Crippen molar-refractivity contribution in [1.29, 1.82) is 0 Å². The lowest BCUT2D eigenvalue weighted by Crippen LogP contribution is -2.26. The van der Waals surface area contributed by atoms with Crippen LogP contribution in [0.2, 0.25) is 0 Å². The molecule has 0 aliphatic heterocycles. The van der Waals surface area contributed by atoms with E-state index < -0.39 is 10.0 Å². The summed E-state index contributed by atoms with van der Waals surface area (Å²) in [6.07, 6.45) is 6.53. The molecule has 0 bridgehead atoms. The fourth-order valence-corrected chi connectivity index (χ4v) is 3.23. The highest BCUT2D eigenvalue weighted by molar-refractivity contribution is 7.89. The highest BCUT2D eigenvalue weighted by Crippen LogP contribution is 2.15. The van der Waals surface area contributed by atoms with Crippen LogP contribution >= 0.6 is 0 Å². The zero-order valence-corrected chi connectivity index (χ0v) is 15.6. The molecule has 1 heterocycles. The van der Waals surface area contributed by atoms with Gasteiger partial charge >= 0.3 is 0 Å². The second-order valence-electron chi connectivity index (χ2n) is 5.58. The summed E-state index contributed by atoms with van der Waals surface area (Å²) in [4.78, 5) is 19.2. The van der Waals surface area contributed by atoms with Gasteiger partial charge in [0.1, 0.15) is 5.82 Å². The predicted molar refractivity (Wildman–Crippen MR) is 101 cm³/mol. The first-order valence-corrected chi connectivity index (χ1v) is 9.48. The van der Waals surface area contributed by atoms with E-state index >= 15 is 0 Å². The largest absolute Gasteiger partial charge is 0.348 e. The lowest BCUT2D eigenvalue weighted by Gasteiger charge is -2.15. The van der Waals surface area contributed by atoms with Crippen LogP contribution in [0.4, 0.5) is 0 Å². The van der Waals surface area contributed by atoms with Crippen molar-refractivity contribution in [2.75, 3.05) is 13.6 Å². The molecule has 8 heteroatoms. The summed E-state index contributed by atoms with van der Waals surface area (Å²) in [5.74, 6) is 0.322. The number of benzene rings is 1. The van der Waals surface area contributed by atoms with E-state index in [0.29, 0.717) is 17.9 Å². The Balaban J connectivity index is 1.93. The smallest absolute Gasteiger partial charge is 0.250 e. The summed E-state index contributed by atoms with van der Waals surface area (Å²) < 4.78 is 25.7. The summed E-state index contributed by atoms with van der Waals surface area (Å²) in [7, 11) is -1.93. The van der Waals surface area contributed by atoms with E-state index in [4.69, 9.17) is 0 Å². The molecular weight excluding hydrogens is 352 g/mol. The lowest BCUT2D eigenvalue weighted by atomic mass is 10.2. The Kier molecular flexibility index (Phi) is 6.48. The minimum atomic E-state index is -3.47. The zero-order chi connectivity index (χ0) is 19.2. The molecule has 1 aromatic carbocycles. The van der Waals surface area contributed by atoms with Crippen molar-refractivity contribution in [3.05, 3.63) is 66.3 Å². The van der Waals surface area contributed by atoms with E-state index in [9.17, 15) is 13.2 Å². The number of hydrogen-bond acceptors (Lipinski definition) is 4. The number of aromatic nitrogens is 2. The number of hydrogen-bond donors (Lipinski definition) is 2. The van der Waals surface area contributed by atoms with Crippen molar-refractivity contribution in [3.63, 3.8) is 0 Å². The first-order valence-electron chi connectivity index (χ1n) is 8.04. The fourth-order valence-electron chi connectivity index (χ4n) is 2.05. The molecule has 0 saturated carbocycles. The number of nitrogens with one attached hydrogen (secondary N) is 2. The van der Waals surface area contributed by atoms with Gasteiger partial charge in [0.2, 0.25) is 10.0 Å². The standard InChI is InChI=1S/C18H22N4O3S/c1-4-22(3)26(24,25)16-8-6-15(7-9-16)13-21-18(23)14(2)5-10-17-19-11-12-20-17/h5-12H,2,4,13H2,1,3H3,(H,19,20)(H,21,23)/b10-5-. The number of carbonyl (C=O) groups excluding carboxylic acids is 1. The minimum Gasteiger partial charge on any atom is -0.348 e. The number of carbonyl (C=O) groups is 1. The maximum Gasteiger partial charge on any atom is 0.250 e. The van der Waals surface area contributed by atoms with Gasteiger partial charge in [-0.2, -0.15) is 0 Å². The van der Waals surface area contributed by atoms with Gasteiger partial charge in [-0.15, -0.1) is 0 Å². The van der Waals surface area contributed by atoms with E-state index in [-0.39, 0.29) is 17.3 Å². The van der Waals surface area contributed by atoms with Crippen molar-refractivity contribution in [3.8, 4) is 0 Å². The van der Waals surface area contributed by atoms with Gasteiger partial charge in [0.25, 0.3) is 5.91 Å². The molecule has 0 aliphatic carbocycles. The van der Waals surface area contributed by atoms with Crippen LogP contribution in [0.3, 0.4) is 0 Å². The van der Waals surface area contributed by atoms with E-state index in [1.165, 1.54) is 23.5 Å². The van der Waals surface area contributed by atoms with E-state index in [0.717, 1.165) is 5.56 Å². The van der Waals surface area contributed by atoms with Crippen LogP contribution in [0.15, 0.2) is 59.8 Å². The van der Waals surface area contributed by atoms with Gasteiger partial charge in [-0.3, -0.25) is 4.79 Å². The molecule has 0 spiro atoms. The molecule has 26 heavy (non-hydrogen) atoms. The van der Waals surface area contributed by atoms with Crippen LogP contribution in [-0.2, 0) is 21.4 Å². The minimum absolute atomic E-state index is 0.225. The second kappa shape index (κ2) is 8.59. The van der Waals surface area contributed by atoms with Gasteiger partial charge in [-0.1, -0.05) is 25.6 Å². The Hall–Kier alpha value is -2.71. The normalized spacial score (nSPS) is 11.8. The van der Waals surface area contributed by atoms with Gasteiger partial charge in [-0.05, 0) is 29.8 Å².